The highest BCUT2D eigenvalue weighted by atomic mass is 19.1. The third kappa shape index (κ3) is 2.38. The minimum atomic E-state index is -0.415. The van der Waals surface area contributed by atoms with Crippen molar-refractivity contribution in [1.82, 2.24) is 14.9 Å². The Labute approximate surface area is 107 Å². The Kier molecular flexibility index (Phi) is 3.65. The molecule has 1 heterocycles. The van der Waals surface area contributed by atoms with E-state index in [2.05, 4.69) is 39.6 Å². The average molecular weight is 253 g/mol. The number of halogens is 1. The standard InChI is InChI=1S/C12H20FN5/c1-14-11-15-7-9(13)10(17-11)16-8-12(18(2)3)5-4-6-12/h7H,4-6,8H2,1-3H3,(H2,14,15,16,17). The number of nitrogens with one attached hydrogen (secondary N) is 2. The molecule has 18 heavy (non-hydrogen) atoms. The van der Waals surface area contributed by atoms with E-state index in [1.54, 1.807) is 7.05 Å². The van der Waals surface area contributed by atoms with Crippen LogP contribution in [0, 0.1) is 5.82 Å². The number of hydrogen-bond donors (Lipinski definition) is 2. The minimum Gasteiger partial charge on any atom is -0.366 e. The van der Waals surface area contributed by atoms with E-state index in [1.165, 1.54) is 12.6 Å². The molecule has 0 atom stereocenters. The van der Waals surface area contributed by atoms with Crippen LogP contribution in [0.2, 0.25) is 0 Å². The van der Waals surface area contributed by atoms with Gasteiger partial charge < -0.3 is 15.5 Å². The van der Waals surface area contributed by atoms with Gasteiger partial charge in [-0.15, -0.1) is 0 Å². The number of hydrogen-bond acceptors (Lipinski definition) is 5. The van der Waals surface area contributed by atoms with Gasteiger partial charge in [0, 0.05) is 19.1 Å². The summed E-state index contributed by atoms with van der Waals surface area (Å²) in [5, 5.41) is 5.91. The molecule has 0 unspecified atom stereocenters. The second-order valence-electron chi connectivity index (χ2n) is 4.97. The quantitative estimate of drug-likeness (QED) is 0.834. The fourth-order valence-electron chi connectivity index (χ4n) is 2.23. The summed E-state index contributed by atoms with van der Waals surface area (Å²) >= 11 is 0. The van der Waals surface area contributed by atoms with E-state index in [0.717, 1.165) is 12.8 Å². The molecule has 5 nitrogen and oxygen atoms in total. The lowest BCUT2D eigenvalue weighted by molar-refractivity contribution is 0.0737. The molecule has 1 saturated carbocycles. The Hall–Kier alpha value is -1.43. The van der Waals surface area contributed by atoms with Crippen LogP contribution in [0.4, 0.5) is 16.2 Å². The summed E-state index contributed by atoms with van der Waals surface area (Å²) in [7, 11) is 5.84. The molecule has 0 amide bonds. The number of likely N-dealkylation sites (N-methyl/N-ethyl adjacent to an activating group) is 1. The van der Waals surface area contributed by atoms with Gasteiger partial charge in [-0.25, -0.2) is 9.37 Å². The third-order valence-electron chi connectivity index (χ3n) is 3.79. The molecule has 1 fully saturated rings. The maximum absolute atomic E-state index is 13.6. The molecule has 1 aromatic rings. The van der Waals surface area contributed by atoms with E-state index < -0.39 is 5.82 Å². The first-order valence-corrected chi connectivity index (χ1v) is 6.19. The SMILES string of the molecule is CNc1ncc(F)c(NCC2(N(C)C)CCC2)n1. The van der Waals surface area contributed by atoms with E-state index in [4.69, 9.17) is 0 Å². The lowest BCUT2D eigenvalue weighted by Gasteiger charge is -2.47. The van der Waals surface area contributed by atoms with Crippen LogP contribution in [-0.4, -0.2) is 48.1 Å². The lowest BCUT2D eigenvalue weighted by Crippen LogP contribution is -2.54. The van der Waals surface area contributed by atoms with Gasteiger partial charge in [-0.2, -0.15) is 4.98 Å². The van der Waals surface area contributed by atoms with Crippen LogP contribution >= 0.6 is 0 Å². The molecule has 6 heteroatoms. The minimum absolute atomic E-state index is 0.136. The smallest absolute Gasteiger partial charge is 0.224 e. The Morgan fingerprint density at radius 1 is 1.44 bits per heavy atom. The van der Waals surface area contributed by atoms with Gasteiger partial charge in [0.1, 0.15) is 0 Å². The predicted octanol–water partition coefficient (Wildman–Crippen LogP) is 1.55. The maximum atomic E-state index is 13.6. The van der Waals surface area contributed by atoms with Crippen molar-refractivity contribution in [3.63, 3.8) is 0 Å². The second kappa shape index (κ2) is 5.06. The van der Waals surface area contributed by atoms with Crippen LogP contribution in [0.15, 0.2) is 6.20 Å². The van der Waals surface area contributed by atoms with Gasteiger partial charge in [0.05, 0.1) is 6.20 Å². The molecule has 1 aromatic heterocycles. The molecule has 100 valence electrons. The monoisotopic (exact) mass is 253 g/mol. The van der Waals surface area contributed by atoms with Crippen LogP contribution < -0.4 is 10.6 Å². The van der Waals surface area contributed by atoms with E-state index in [-0.39, 0.29) is 11.4 Å². The first-order chi connectivity index (χ1) is 8.57. The van der Waals surface area contributed by atoms with Gasteiger partial charge in [0.15, 0.2) is 11.6 Å². The van der Waals surface area contributed by atoms with E-state index >= 15 is 0 Å². The van der Waals surface area contributed by atoms with Crippen LogP contribution in [0.1, 0.15) is 19.3 Å². The van der Waals surface area contributed by atoms with Gasteiger partial charge in [0.25, 0.3) is 0 Å². The molecule has 2 rings (SSSR count). The van der Waals surface area contributed by atoms with E-state index in [1.807, 2.05) is 0 Å². The summed E-state index contributed by atoms with van der Waals surface area (Å²) in [5.74, 6) is 0.274. The maximum Gasteiger partial charge on any atom is 0.224 e. The molecule has 0 spiro atoms. The second-order valence-corrected chi connectivity index (χ2v) is 4.97. The Morgan fingerprint density at radius 2 is 2.17 bits per heavy atom. The van der Waals surface area contributed by atoms with Crippen molar-refractivity contribution in [2.45, 2.75) is 24.8 Å². The number of aromatic nitrogens is 2. The Balaban J connectivity index is 2.05. The molecule has 2 N–H and O–H groups in total. The average Bonchev–Trinajstić information content (AvgIpc) is 2.29. The fourth-order valence-corrected chi connectivity index (χ4v) is 2.23. The van der Waals surface area contributed by atoms with Crippen molar-refractivity contribution in [3.8, 4) is 0 Å². The van der Waals surface area contributed by atoms with E-state index in [9.17, 15) is 4.39 Å². The zero-order chi connectivity index (χ0) is 13.2. The molecule has 0 aliphatic heterocycles. The number of rotatable bonds is 5. The summed E-state index contributed by atoms with van der Waals surface area (Å²) in [6.07, 6.45) is 4.69. The highest BCUT2D eigenvalue weighted by molar-refractivity contribution is 5.41. The zero-order valence-corrected chi connectivity index (χ0v) is 11.1. The largest absolute Gasteiger partial charge is 0.366 e. The van der Waals surface area contributed by atoms with Gasteiger partial charge in [-0.1, -0.05) is 0 Å². The number of anilines is 2. The molecule has 1 aliphatic rings. The first kappa shape index (κ1) is 13.0. The summed E-state index contributed by atoms with van der Waals surface area (Å²) in [4.78, 5) is 10.1. The molecule has 0 saturated heterocycles. The lowest BCUT2D eigenvalue weighted by atomic mass is 9.75. The van der Waals surface area contributed by atoms with Crippen molar-refractivity contribution >= 4 is 11.8 Å². The first-order valence-electron chi connectivity index (χ1n) is 6.19. The molecule has 0 aromatic carbocycles. The van der Waals surface area contributed by atoms with Gasteiger partial charge >= 0.3 is 0 Å². The normalized spacial score (nSPS) is 17.4. The zero-order valence-electron chi connectivity index (χ0n) is 11.1. The van der Waals surface area contributed by atoms with Crippen LogP contribution in [0.25, 0.3) is 0 Å². The molecule has 0 bridgehead atoms. The number of nitrogens with zero attached hydrogens (tertiary/aromatic N) is 3. The van der Waals surface area contributed by atoms with E-state index in [0.29, 0.717) is 12.5 Å². The summed E-state index contributed by atoms with van der Waals surface area (Å²) in [6.45, 7) is 0.705. The van der Waals surface area contributed by atoms with Gasteiger partial charge in [-0.3, -0.25) is 0 Å². The third-order valence-corrected chi connectivity index (χ3v) is 3.79. The highest BCUT2D eigenvalue weighted by Crippen LogP contribution is 2.36. The molecular formula is C12H20FN5. The summed E-state index contributed by atoms with van der Waals surface area (Å²) in [5.41, 5.74) is 0.136. The van der Waals surface area contributed by atoms with Crippen LogP contribution in [0.5, 0.6) is 0 Å². The molecule has 0 radical (unpaired) electrons. The topological polar surface area (TPSA) is 53.1 Å². The predicted molar refractivity (Wildman–Crippen MR) is 70.3 cm³/mol. The molecular weight excluding hydrogens is 233 g/mol. The summed E-state index contributed by atoms with van der Waals surface area (Å²) in [6, 6.07) is 0. The fraction of sp³-hybridized carbons (Fsp3) is 0.667. The van der Waals surface area contributed by atoms with Crippen molar-refractivity contribution < 1.29 is 4.39 Å². The summed E-state index contributed by atoms with van der Waals surface area (Å²) < 4.78 is 13.6. The van der Waals surface area contributed by atoms with Gasteiger partial charge in [0.2, 0.25) is 5.95 Å². The van der Waals surface area contributed by atoms with Crippen molar-refractivity contribution in [1.29, 1.82) is 0 Å². The van der Waals surface area contributed by atoms with Crippen LogP contribution in [-0.2, 0) is 0 Å². The van der Waals surface area contributed by atoms with Crippen molar-refractivity contribution in [3.05, 3.63) is 12.0 Å². The van der Waals surface area contributed by atoms with Crippen molar-refractivity contribution in [2.24, 2.45) is 0 Å². The van der Waals surface area contributed by atoms with Crippen LogP contribution in [0.3, 0.4) is 0 Å². The Morgan fingerprint density at radius 3 is 2.67 bits per heavy atom. The van der Waals surface area contributed by atoms with Crippen molar-refractivity contribution in [2.75, 3.05) is 38.3 Å². The Bertz CT molecular complexity index is 417. The molecule has 1 aliphatic carbocycles. The van der Waals surface area contributed by atoms with Gasteiger partial charge in [-0.05, 0) is 33.4 Å². The highest BCUT2D eigenvalue weighted by Gasteiger charge is 2.38.